The average molecular weight is 296 g/mol. The Labute approximate surface area is 123 Å². The maximum Gasteiger partial charge on any atom is 0.165 e. The van der Waals surface area contributed by atoms with Gasteiger partial charge in [0.05, 0.1) is 13.0 Å². The topological polar surface area (TPSA) is 49.2 Å². The molecule has 0 fully saturated rings. The fourth-order valence-electron chi connectivity index (χ4n) is 1.86. The zero-order valence-electron chi connectivity index (χ0n) is 11.8. The van der Waals surface area contributed by atoms with E-state index in [0.717, 1.165) is 17.1 Å². The molecule has 0 bridgehead atoms. The molecule has 0 atom stereocenters. The summed E-state index contributed by atoms with van der Waals surface area (Å²) in [6.07, 6.45) is 1.53. The van der Waals surface area contributed by atoms with Crippen molar-refractivity contribution in [3.63, 3.8) is 0 Å². The molecule has 0 aliphatic carbocycles. The van der Waals surface area contributed by atoms with Crippen LogP contribution >= 0.6 is 11.6 Å². The first kappa shape index (κ1) is 14.7. The molecule has 0 aliphatic heterocycles. The van der Waals surface area contributed by atoms with Crippen molar-refractivity contribution in [2.75, 3.05) is 7.11 Å². The van der Waals surface area contributed by atoms with Gasteiger partial charge in [0.25, 0.3) is 0 Å². The molecule has 1 aromatic carbocycles. The van der Waals surface area contributed by atoms with Gasteiger partial charge < -0.3 is 9.47 Å². The minimum atomic E-state index is 0.244. The molecule has 2 rings (SSSR count). The summed E-state index contributed by atoms with van der Waals surface area (Å²) in [5, 5.41) is 4.18. The van der Waals surface area contributed by atoms with Crippen molar-refractivity contribution in [1.29, 1.82) is 0 Å². The summed E-state index contributed by atoms with van der Waals surface area (Å²) in [4.78, 5) is 4.21. The van der Waals surface area contributed by atoms with Gasteiger partial charge in [0.15, 0.2) is 5.82 Å². The average Bonchev–Trinajstić information content (AvgIpc) is 2.93. The summed E-state index contributed by atoms with van der Waals surface area (Å²) in [6, 6.07) is 5.83. The second-order valence-corrected chi connectivity index (χ2v) is 4.88. The van der Waals surface area contributed by atoms with Crippen LogP contribution in [0.4, 0.5) is 0 Å². The quantitative estimate of drug-likeness (QED) is 0.768. The Bertz CT molecular complexity index is 569. The third-order valence-electron chi connectivity index (χ3n) is 2.91. The molecule has 0 N–H and O–H groups in total. The fraction of sp³-hybridized carbons (Fsp3) is 0.429. The highest BCUT2D eigenvalue weighted by atomic mass is 35.5. The van der Waals surface area contributed by atoms with E-state index in [2.05, 4.69) is 10.1 Å². The van der Waals surface area contributed by atoms with Crippen LogP contribution in [-0.2, 0) is 12.5 Å². The number of rotatable bonds is 6. The van der Waals surface area contributed by atoms with E-state index in [4.69, 9.17) is 21.1 Å². The molecule has 0 unspecified atom stereocenters. The van der Waals surface area contributed by atoms with E-state index < -0.39 is 0 Å². The summed E-state index contributed by atoms with van der Waals surface area (Å²) in [5.41, 5.74) is 0.920. The van der Waals surface area contributed by atoms with Crippen molar-refractivity contribution in [2.45, 2.75) is 32.4 Å². The van der Waals surface area contributed by atoms with Crippen molar-refractivity contribution in [3.8, 4) is 11.5 Å². The summed E-state index contributed by atoms with van der Waals surface area (Å²) in [6.45, 7) is 4.44. The first-order valence-corrected chi connectivity index (χ1v) is 6.93. The molecule has 0 amide bonds. The van der Waals surface area contributed by atoms with E-state index in [9.17, 15) is 0 Å². The lowest BCUT2D eigenvalue weighted by Gasteiger charge is -2.13. The second kappa shape index (κ2) is 6.61. The molecule has 5 nitrogen and oxygen atoms in total. The summed E-state index contributed by atoms with van der Waals surface area (Å²) >= 11 is 5.92. The van der Waals surface area contributed by atoms with E-state index in [1.54, 1.807) is 7.11 Å². The van der Waals surface area contributed by atoms with Gasteiger partial charge in [0.2, 0.25) is 0 Å². The Morgan fingerprint density at radius 2 is 2.15 bits per heavy atom. The van der Waals surface area contributed by atoms with Crippen LogP contribution in [0.3, 0.4) is 0 Å². The predicted molar refractivity (Wildman–Crippen MR) is 77.3 cm³/mol. The molecule has 0 saturated heterocycles. The standard InChI is InChI=1S/C14H18ClN3O2/c1-10(2)18-14(16-9-17-18)8-20-13-6-12(19-3)5-4-11(13)7-15/h4-6,9-10H,7-8H2,1-3H3. The molecule has 6 heteroatoms. The number of aromatic nitrogens is 3. The Morgan fingerprint density at radius 3 is 2.80 bits per heavy atom. The van der Waals surface area contributed by atoms with Gasteiger partial charge in [-0.05, 0) is 19.9 Å². The first-order chi connectivity index (χ1) is 9.65. The van der Waals surface area contributed by atoms with E-state index in [1.807, 2.05) is 36.7 Å². The fourth-order valence-corrected chi connectivity index (χ4v) is 2.08. The molecule has 20 heavy (non-hydrogen) atoms. The number of alkyl halides is 1. The lowest BCUT2D eigenvalue weighted by atomic mass is 10.2. The Hall–Kier alpha value is -1.75. The molecule has 2 aromatic rings. The van der Waals surface area contributed by atoms with Crippen LogP contribution in [0.2, 0.25) is 0 Å². The molecule has 0 spiro atoms. The zero-order valence-corrected chi connectivity index (χ0v) is 12.6. The van der Waals surface area contributed by atoms with Crippen LogP contribution in [0.15, 0.2) is 24.5 Å². The van der Waals surface area contributed by atoms with E-state index in [1.165, 1.54) is 6.33 Å². The van der Waals surface area contributed by atoms with Gasteiger partial charge in [-0.3, -0.25) is 0 Å². The molecule has 0 saturated carbocycles. The van der Waals surface area contributed by atoms with Crippen molar-refractivity contribution in [3.05, 3.63) is 35.9 Å². The number of benzene rings is 1. The molecule has 1 heterocycles. The molecule has 0 radical (unpaired) electrons. The number of ether oxygens (including phenoxy) is 2. The molecular weight excluding hydrogens is 278 g/mol. The normalized spacial score (nSPS) is 10.8. The highest BCUT2D eigenvalue weighted by Crippen LogP contribution is 2.26. The SMILES string of the molecule is COc1ccc(CCl)c(OCc2ncnn2C(C)C)c1. The smallest absolute Gasteiger partial charge is 0.165 e. The number of hydrogen-bond acceptors (Lipinski definition) is 4. The predicted octanol–water partition coefficient (Wildman–Crippen LogP) is 3.19. The van der Waals surface area contributed by atoms with Gasteiger partial charge in [0.1, 0.15) is 24.4 Å². The second-order valence-electron chi connectivity index (χ2n) is 4.61. The Morgan fingerprint density at radius 1 is 1.35 bits per heavy atom. The molecule has 108 valence electrons. The molecule has 1 aromatic heterocycles. The van der Waals surface area contributed by atoms with Crippen molar-refractivity contribution in [2.24, 2.45) is 0 Å². The van der Waals surface area contributed by atoms with Crippen LogP contribution < -0.4 is 9.47 Å². The summed E-state index contributed by atoms with van der Waals surface area (Å²) in [7, 11) is 1.62. The van der Waals surface area contributed by atoms with E-state index in [0.29, 0.717) is 18.2 Å². The van der Waals surface area contributed by atoms with Gasteiger partial charge in [0, 0.05) is 17.7 Å². The third kappa shape index (κ3) is 3.22. The van der Waals surface area contributed by atoms with Crippen LogP contribution in [-0.4, -0.2) is 21.9 Å². The zero-order chi connectivity index (χ0) is 14.5. The first-order valence-electron chi connectivity index (χ1n) is 6.39. The van der Waals surface area contributed by atoms with Crippen molar-refractivity contribution in [1.82, 2.24) is 14.8 Å². The van der Waals surface area contributed by atoms with Crippen molar-refractivity contribution >= 4 is 11.6 Å². The third-order valence-corrected chi connectivity index (χ3v) is 3.20. The highest BCUT2D eigenvalue weighted by molar-refractivity contribution is 6.17. The number of methoxy groups -OCH3 is 1. The molecular formula is C14H18ClN3O2. The van der Waals surface area contributed by atoms with Crippen molar-refractivity contribution < 1.29 is 9.47 Å². The Balaban J connectivity index is 2.15. The van der Waals surface area contributed by atoms with Crippen LogP contribution in [0, 0.1) is 0 Å². The number of halogens is 1. The van der Waals surface area contributed by atoms with Crippen LogP contribution in [0.5, 0.6) is 11.5 Å². The van der Waals surface area contributed by atoms with Gasteiger partial charge in [-0.15, -0.1) is 11.6 Å². The van der Waals surface area contributed by atoms with Gasteiger partial charge in [-0.1, -0.05) is 6.07 Å². The number of nitrogens with zero attached hydrogens (tertiary/aromatic N) is 3. The van der Waals surface area contributed by atoms with E-state index in [-0.39, 0.29) is 6.04 Å². The van der Waals surface area contributed by atoms with E-state index >= 15 is 0 Å². The van der Waals surface area contributed by atoms with Crippen LogP contribution in [0.1, 0.15) is 31.3 Å². The summed E-state index contributed by atoms with van der Waals surface area (Å²) < 4.78 is 12.8. The lowest BCUT2D eigenvalue weighted by molar-refractivity contribution is 0.278. The maximum absolute atomic E-state index is 5.92. The van der Waals surface area contributed by atoms with Crippen LogP contribution in [0.25, 0.3) is 0 Å². The lowest BCUT2D eigenvalue weighted by Crippen LogP contribution is -2.11. The molecule has 0 aliphatic rings. The van der Waals surface area contributed by atoms with Gasteiger partial charge >= 0.3 is 0 Å². The van der Waals surface area contributed by atoms with Gasteiger partial charge in [-0.2, -0.15) is 5.10 Å². The van der Waals surface area contributed by atoms with Gasteiger partial charge in [-0.25, -0.2) is 9.67 Å². The maximum atomic E-state index is 5.92. The highest BCUT2D eigenvalue weighted by Gasteiger charge is 2.10. The minimum Gasteiger partial charge on any atom is -0.497 e. The monoisotopic (exact) mass is 295 g/mol. The minimum absolute atomic E-state index is 0.244. The summed E-state index contributed by atoms with van der Waals surface area (Å²) in [5.74, 6) is 2.61. The Kier molecular flexibility index (Phi) is 4.84. The number of hydrogen-bond donors (Lipinski definition) is 0. The largest absolute Gasteiger partial charge is 0.497 e.